The normalized spacial score (nSPS) is 16.3. The summed E-state index contributed by atoms with van der Waals surface area (Å²) >= 11 is 0. The van der Waals surface area contributed by atoms with Gasteiger partial charge in [0.2, 0.25) is 0 Å². The number of cyclic esters (lactones) is 1. The van der Waals surface area contributed by atoms with Gasteiger partial charge in [0, 0.05) is 0 Å². The van der Waals surface area contributed by atoms with E-state index in [1.807, 2.05) is 0 Å². The second-order valence-electron chi connectivity index (χ2n) is 3.87. The van der Waals surface area contributed by atoms with E-state index >= 15 is 0 Å². The number of esters is 2. The maximum Gasteiger partial charge on any atom is 0.348 e. The Labute approximate surface area is 114 Å². The SMILES string of the molecule is COC(=O)/C=C1\OC(=O)C(c2ccc(OC)cc2)=C1O. The highest BCUT2D eigenvalue weighted by Gasteiger charge is 2.31. The topological polar surface area (TPSA) is 82.1 Å². The molecule has 6 heteroatoms. The molecule has 1 aliphatic heterocycles. The first-order chi connectivity index (χ1) is 9.56. The Balaban J connectivity index is 2.40. The fraction of sp³-hybridized carbons (Fsp3) is 0.143. The van der Waals surface area contributed by atoms with E-state index in [-0.39, 0.29) is 11.3 Å². The summed E-state index contributed by atoms with van der Waals surface area (Å²) in [4.78, 5) is 22.9. The summed E-state index contributed by atoms with van der Waals surface area (Å²) in [5, 5.41) is 9.97. The molecule has 0 aromatic heterocycles. The van der Waals surface area contributed by atoms with Crippen molar-refractivity contribution in [1.82, 2.24) is 0 Å². The third-order valence-electron chi connectivity index (χ3n) is 2.71. The Morgan fingerprint density at radius 2 is 1.90 bits per heavy atom. The van der Waals surface area contributed by atoms with E-state index in [1.165, 1.54) is 14.2 Å². The summed E-state index contributed by atoms with van der Waals surface area (Å²) in [7, 11) is 2.70. The quantitative estimate of drug-likeness (QED) is 0.666. The van der Waals surface area contributed by atoms with Crippen molar-refractivity contribution in [3.05, 3.63) is 47.4 Å². The predicted molar refractivity (Wildman–Crippen MR) is 68.7 cm³/mol. The molecule has 0 bridgehead atoms. The molecule has 0 radical (unpaired) electrons. The Hall–Kier alpha value is -2.76. The molecule has 0 aliphatic carbocycles. The summed E-state index contributed by atoms with van der Waals surface area (Å²) in [5.41, 5.74) is 0.448. The summed E-state index contributed by atoms with van der Waals surface area (Å²) in [5.74, 6) is -1.47. The van der Waals surface area contributed by atoms with Crippen molar-refractivity contribution in [3.63, 3.8) is 0 Å². The average molecular weight is 276 g/mol. The van der Waals surface area contributed by atoms with Crippen LogP contribution in [0.2, 0.25) is 0 Å². The molecule has 2 rings (SSSR count). The van der Waals surface area contributed by atoms with Gasteiger partial charge in [-0.1, -0.05) is 12.1 Å². The molecule has 20 heavy (non-hydrogen) atoms. The molecule has 104 valence electrons. The lowest BCUT2D eigenvalue weighted by molar-refractivity contribution is -0.135. The van der Waals surface area contributed by atoms with Gasteiger partial charge in [-0.2, -0.15) is 0 Å². The first kappa shape index (κ1) is 13.7. The Morgan fingerprint density at radius 1 is 1.25 bits per heavy atom. The summed E-state index contributed by atoms with van der Waals surface area (Å²) in [6.07, 6.45) is 0.907. The van der Waals surface area contributed by atoms with Crippen LogP contribution in [0.15, 0.2) is 41.9 Å². The smallest absolute Gasteiger partial charge is 0.348 e. The first-order valence-corrected chi connectivity index (χ1v) is 5.66. The van der Waals surface area contributed by atoms with Gasteiger partial charge in [-0.15, -0.1) is 0 Å². The van der Waals surface area contributed by atoms with Crippen LogP contribution in [-0.2, 0) is 19.1 Å². The molecule has 0 amide bonds. The predicted octanol–water partition coefficient (Wildman–Crippen LogP) is 1.58. The van der Waals surface area contributed by atoms with Crippen molar-refractivity contribution in [2.45, 2.75) is 0 Å². The second-order valence-corrected chi connectivity index (χ2v) is 3.87. The van der Waals surface area contributed by atoms with E-state index in [0.29, 0.717) is 11.3 Å². The zero-order chi connectivity index (χ0) is 14.7. The summed E-state index contributed by atoms with van der Waals surface area (Å²) in [6.45, 7) is 0. The highest BCUT2D eigenvalue weighted by Crippen LogP contribution is 2.32. The van der Waals surface area contributed by atoms with Gasteiger partial charge in [-0.05, 0) is 17.7 Å². The molecule has 0 spiro atoms. The Bertz CT molecular complexity index is 609. The number of carbonyl (C=O) groups is 2. The van der Waals surface area contributed by atoms with Crippen LogP contribution in [0.1, 0.15) is 5.56 Å². The molecule has 0 fully saturated rings. The molecule has 0 saturated heterocycles. The summed E-state index contributed by atoms with van der Waals surface area (Å²) in [6, 6.07) is 6.50. The van der Waals surface area contributed by atoms with Crippen LogP contribution in [-0.4, -0.2) is 31.3 Å². The van der Waals surface area contributed by atoms with Crippen molar-refractivity contribution in [1.29, 1.82) is 0 Å². The summed E-state index contributed by atoms with van der Waals surface area (Å²) < 4.78 is 14.3. The largest absolute Gasteiger partial charge is 0.504 e. The third kappa shape index (κ3) is 2.49. The fourth-order valence-electron chi connectivity index (χ4n) is 1.70. The number of aliphatic hydroxyl groups excluding tert-OH is 1. The lowest BCUT2D eigenvalue weighted by Gasteiger charge is -2.02. The van der Waals surface area contributed by atoms with Gasteiger partial charge in [0.1, 0.15) is 11.3 Å². The number of hydrogen-bond donors (Lipinski definition) is 1. The lowest BCUT2D eigenvalue weighted by Crippen LogP contribution is -2.00. The van der Waals surface area contributed by atoms with Gasteiger partial charge in [0.15, 0.2) is 11.5 Å². The van der Waals surface area contributed by atoms with Crippen molar-refractivity contribution < 1.29 is 28.9 Å². The standard InChI is InChI=1S/C14H12O6/c1-18-9-5-3-8(4-6-9)12-13(16)10(20-14(12)17)7-11(15)19-2/h3-7,16H,1-2H3/b10-7-. The van der Waals surface area contributed by atoms with Crippen molar-refractivity contribution in [2.24, 2.45) is 0 Å². The van der Waals surface area contributed by atoms with E-state index in [2.05, 4.69) is 4.74 Å². The van der Waals surface area contributed by atoms with E-state index in [9.17, 15) is 14.7 Å². The highest BCUT2D eigenvalue weighted by molar-refractivity contribution is 6.20. The molecule has 0 saturated carbocycles. The Kier molecular flexibility index (Phi) is 3.74. The van der Waals surface area contributed by atoms with Crippen LogP contribution in [0, 0.1) is 0 Å². The van der Waals surface area contributed by atoms with Crippen LogP contribution in [0.25, 0.3) is 5.57 Å². The van der Waals surface area contributed by atoms with E-state index in [0.717, 1.165) is 6.08 Å². The first-order valence-electron chi connectivity index (χ1n) is 5.66. The third-order valence-corrected chi connectivity index (χ3v) is 2.71. The van der Waals surface area contributed by atoms with Crippen molar-refractivity contribution in [3.8, 4) is 5.75 Å². The molecular formula is C14H12O6. The minimum atomic E-state index is -0.734. The van der Waals surface area contributed by atoms with E-state index in [4.69, 9.17) is 9.47 Å². The van der Waals surface area contributed by atoms with Crippen LogP contribution >= 0.6 is 0 Å². The molecule has 1 aromatic rings. The molecular weight excluding hydrogens is 264 g/mol. The average Bonchev–Trinajstić information content (AvgIpc) is 2.73. The van der Waals surface area contributed by atoms with Gasteiger partial charge in [0.25, 0.3) is 0 Å². The van der Waals surface area contributed by atoms with Crippen LogP contribution in [0.3, 0.4) is 0 Å². The molecule has 1 aromatic carbocycles. The fourth-order valence-corrected chi connectivity index (χ4v) is 1.70. The number of carbonyl (C=O) groups excluding carboxylic acids is 2. The molecule has 6 nitrogen and oxygen atoms in total. The number of methoxy groups -OCH3 is 2. The number of aliphatic hydroxyl groups is 1. The number of rotatable bonds is 3. The van der Waals surface area contributed by atoms with E-state index < -0.39 is 17.7 Å². The van der Waals surface area contributed by atoms with Crippen LogP contribution in [0.5, 0.6) is 5.75 Å². The zero-order valence-electron chi connectivity index (χ0n) is 10.9. The molecule has 1 aliphatic rings. The van der Waals surface area contributed by atoms with Gasteiger partial charge in [-0.3, -0.25) is 0 Å². The van der Waals surface area contributed by atoms with E-state index in [1.54, 1.807) is 24.3 Å². The number of ether oxygens (including phenoxy) is 3. The van der Waals surface area contributed by atoms with Crippen LogP contribution < -0.4 is 4.74 Å². The minimum Gasteiger partial charge on any atom is -0.504 e. The minimum absolute atomic E-state index is 0.0113. The van der Waals surface area contributed by atoms with Gasteiger partial charge < -0.3 is 19.3 Å². The monoisotopic (exact) mass is 276 g/mol. The van der Waals surface area contributed by atoms with Crippen molar-refractivity contribution >= 4 is 17.5 Å². The van der Waals surface area contributed by atoms with Crippen molar-refractivity contribution in [2.75, 3.05) is 14.2 Å². The van der Waals surface area contributed by atoms with Gasteiger partial charge in [-0.25, -0.2) is 9.59 Å². The molecule has 1 heterocycles. The zero-order valence-corrected chi connectivity index (χ0v) is 10.9. The van der Waals surface area contributed by atoms with Gasteiger partial charge >= 0.3 is 11.9 Å². The molecule has 0 atom stereocenters. The number of hydrogen-bond acceptors (Lipinski definition) is 6. The molecule has 0 unspecified atom stereocenters. The number of benzene rings is 1. The maximum absolute atomic E-state index is 11.8. The lowest BCUT2D eigenvalue weighted by atomic mass is 10.1. The second kappa shape index (κ2) is 5.48. The maximum atomic E-state index is 11.8. The van der Waals surface area contributed by atoms with Gasteiger partial charge in [0.05, 0.1) is 20.3 Å². The highest BCUT2D eigenvalue weighted by atomic mass is 16.6. The van der Waals surface area contributed by atoms with Crippen LogP contribution in [0.4, 0.5) is 0 Å². The molecule has 1 N–H and O–H groups in total. The Morgan fingerprint density at radius 3 is 2.45 bits per heavy atom.